The lowest BCUT2D eigenvalue weighted by Gasteiger charge is -2.28. The highest BCUT2D eigenvalue weighted by Gasteiger charge is 2.33. The minimum atomic E-state index is -4.60. The van der Waals surface area contributed by atoms with Gasteiger partial charge in [-0.3, -0.25) is 4.98 Å². The van der Waals surface area contributed by atoms with Gasteiger partial charge >= 0.3 is 6.18 Å². The van der Waals surface area contributed by atoms with Crippen LogP contribution in [-0.2, 0) is 16.2 Å². The van der Waals surface area contributed by atoms with Gasteiger partial charge in [0.2, 0.25) is 10.0 Å². The van der Waals surface area contributed by atoms with Gasteiger partial charge in [-0.2, -0.15) is 13.2 Å². The van der Waals surface area contributed by atoms with Crippen LogP contribution >= 0.6 is 0 Å². The first-order chi connectivity index (χ1) is 9.40. The number of nitrogens with zero attached hydrogens (tertiary/aromatic N) is 2. The molecule has 0 saturated carbocycles. The van der Waals surface area contributed by atoms with Crippen molar-refractivity contribution < 1.29 is 21.6 Å². The lowest BCUT2D eigenvalue weighted by Crippen LogP contribution is -2.39. The summed E-state index contributed by atoms with van der Waals surface area (Å²) in [5.41, 5.74) is 3.97. The van der Waals surface area contributed by atoms with Crippen LogP contribution in [0.1, 0.15) is 19.5 Å². The Morgan fingerprint density at radius 1 is 1.29 bits per heavy atom. The van der Waals surface area contributed by atoms with E-state index in [1.807, 2.05) is 0 Å². The Morgan fingerprint density at radius 3 is 2.24 bits per heavy atom. The quantitative estimate of drug-likeness (QED) is 0.894. The Hall–Kier alpha value is -1.19. The third kappa shape index (κ3) is 4.39. The van der Waals surface area contributed by atoms with E-state index >= 15 is 0 Å². The first-order valence-electron chi connectivity index (χ1n) is 6.10. The molecule has 0 atom stereocenters. The maximum atomic E-state index is 12.4. The molecule has 1 aromatic heterocycles. The van der Waals surface area contributed by atoms with Gasteiger partial charge in [0.15, 0.2) is 0 Å². The van der Waals surface area contributed by atoms with Gasteiger partial charge in [-0.25, -0.2) is 12.7 Å². The molecule has 5 nitrogen and oxygen atoms in total. The molecule has 0 aromatic carbocycles. The van der Waals surface area contributed by atoms with Crippen molar-refractivity contribution in [1.82, 2.24) is 9.29 Å². The van der Waals surface area contributed by atoms with E-state index in [0.29, 0.717) is 12.3 Å². The summed E-state index contributed by atoms with van der Waals surface area (Å²) in [5.74, 6) is 0. The van der Waals surface area contributed by atoms with Gasteiger partial charge in [-0.05, 0) is 24.1 Å². The summed E-state index contributed by atoms with van der Waals surface area (Å²) in [7, 11) is -2.54. The monoisotopic (exact) mass is 325 g/mol. The van der Waals surface area contributed by atoms with Crippen LogP contribution in [0, 0.1) is 5.41 Å². The summed E-state index contributed by atoms with van der Waals surface area (Å²) in [6.45, 7) is 4.01. The molecule has 0 amide bonds. The average molecular weight is 325 g/mol. The molecule has 1 rings (SSSR count). The zero-order valence-corrected chi connectivity index (χ0v) is 12.8. The van der Waals surface area contributed by atoms with Gasteiger partial charge < -0.3 is 5.73 Å². The number of hydrogen-bond donors (Lipinski definition) is 1. The zero-order chi connectivity index (χ0) is 16.5. The van der Waals surface area contributed by atoms with E-state index in [-0.39, 0.29) is 18.0 Å². The number of pyridine rings is 1. The van der Waals surface area contributed by atoms with Crippen LogP contribution in [0.25, 0.3) is 0 Å². The molecule has 9 heteroatoms. The predicted molar refractivity (Wildman–Crippen MR) is 71.9 cm³/mol. The van der Waals surface area contributed by atoms with Gasteiger partial charge in [0.1, 0.15) is 10.6 Å². The summed E-state index contributed by atoms with van der Waals surface area (Å²) in [5, 5.41) is 0. The molecule has 2 N–H and O–H groups in total. The van der Waals surface area contributed by atoms with Crippen molar-refractivity contribution >= 4 is 10.0 Å². The van der Waals surface area contributed by atoms with Crippen LogP contribution in [0.15, 0.2) is 23.2 Å². The molecule has 0 spiro atoms. The Kier molecular flexibility index (Phi) is 5.01. The maximum Gasteiger partial charge on any atom is 0.433 e. The number of rotatable bonds is 5. The molecule has 0 unspecified atom stereocenters. The lowest BCUT2D eigenvalue weighted by molar-refractivity contribution is -0.141. The van der Waals surface area contributed by atoms with E-state index in [9.17, 15) is 21.6 Å². The fourth-order valence-corrected chi connectivity index (χ4v) is 2.94. The first-order valence-corrected chi connectivity index (χ1v) is 7.54. The second kappa shape index (κ2) is 5.90. The standard InChI is InChI=1S/C12H18F3N3O2S/c1-11(2,7-16)8-18(3)21(19,20)9-4-5-10(17-6-9)12(13,14)15/h4-6H,7-8,16H2,1-3H3. The van der Waals surface area contributed by atoms with Crippen LogP contribution in [0.4, 0.5) is 13.2 Å². The number of nitrogens with two attached hydrogens (primary N) is 1. The van der Waals surface area contributed by atoms with Gasteiger partial charge in [-0.1, -0.05) is 13.8 Å². The summed E-state index contributed by atoms with van der Waals surface area (Å²) < 4.78 is 62.8. The third-order valence-corrected chi connectivity index (χ3v) is 4.73. The molecule has 0 aliphatic rings. The van der Waals surface area contributed by atoms with E-state index in [0.717, 1.165) is 10.4 Å². The zero-order valence-electron chi connectivity index (χ0n) is 12.0. The normalized spacial score (nSPS) is 13.7. The molecule has 0 fully saturated rings. The van der Waals surface area contributed by atoms with Gasteiger partial charge in [-0.15, -0.1) is 0 Å². The highest BCUT2D eigenvalue weighted by molar-refractivity contribution is 7.89. The number of hydrogen-bond acceptors (Lipinski definition) is 4. The summed E-state index contributed by atoms with van der Waals surface area (Å²) in [4.78, 5) is 2.87. The lowest BCUT2D eigenvalue weighted by atomic mass is 9.94. The van der Waals surface area contributed by atoms with Crippen LogP contribution in [0.2, 0.25) is 0 Å². The molecule has 0 saturated heterocycles. The summed E-state index contributed by atoms with van der Waals surface area (Å²) in [6.07, 6.45) is -3.89. The van der Waals surface area contributed by atoms with Crippen molar-refractivity contribution in [3.63, 3.8) is 0 Å². The minimum Gasteiger partial charge on any atom is -0.330 e. The fourth-order valence-electron chi connectivity index (χ4n) is 1.63. The summed E-state index contributed by atoms with van der Waals surface area (Å²) in [6, 6.07) is 1.55. The SMILES string of the molecule is CN(CC(C)(C)CN)S(=O)(=O)c1ccc(C(F)(F)F)nc1. The van der Waals surface area contributed by atoms with E-state index in [1.54, 1.807) is 13.8 Å². The number of sulfonamides is 1. The van der Waals surface area contributed by atoms with Crippen molar-refractivity contribution in [2.45, 2.75) is 24.9 Å². The Morgan fingerprint density at radius 2 is 1.86 bits per heavy atom. The molecule has 120 valence electrons. The molecule has 0 bridgehead atoms. The fraction of sp³-hybridized carbons (Fsp3) is 0.583. The van der Waals surface area contributed by atoms with Crippen molar-refractivity contribution in [3.8, 4) is 0 Å². The minimum absolute atomic E-state index is 0.146. The smallest absolute Gasteiger partial charge is 0.330 e. The third-order valence-electron chi connectivity index (χ3n) is 2.94. The molecular formula is C12H18F3N3O2S. The molecule has 21 heavy (non-hydrogen) atoms. The first kappa shape index (κ1) is 17.9. The van der Waals surface area contributed by atoms with Crippen molar-refractivity contribution in [2.24, 2.45) is 11.1 Å². The van der Waals surface area contributed by atoms with Gasteiger partial charge in [0.25, 0.3) is 0 Å². The molecule has 1 heterocycles. The van der Waals surface area contributed by atoms with Crippen molar-refractivity contribution in [2.75, 3.05) is 20.1 Å². The topological polar surface area (TPSA) is 76.3 Å². The molecule has 0 radical (unpaired) electrons. The molecule has 0 aliphatic heterocycles. The average Bonchev–Trinajstić information content (AvgIpc) is 2.37. The maximum absolute atomic E-state index is 12.4. The second-order valence-electron chi connectivity index (χ2n) is 5.51. The molecular weight excluding hydrogens is 307 g/mol. The number of halogens is 3. The Bertz CT molecular complexity index is 583. The Balaban J connectivity index is 3.03. The number of alkyl halides is 3. The van der Waals surface area contributed by atoms with Crippen molar-refractivity contribution in [3.05, 3.63) is 24.0 Å². The summed E-state index contributed by atoms with van der Waals surface area (Å²) >= 11 is 0. The van der Waals surface area contributed by atoms with E-state index in [2.05, 4.69) is 4.98 Å². The van der Waals surface area contributed by atoms with E-state index < -0.39 is 27.3 Å². The highest BCUT2D eigenvalue weighted by atomic mass is 32.2. The van der Waals surface area contributed by atoms with Crippen LogP contribution in [0.5, 0.6) is 0 Å². The van der Waals surface area contributed by atoms with Crippen molar-refractivity contribution in [1.29, 1.82) is 0 Å². The van der Waals surface area contributed by atoms with Gasteiger partial charge in [0.05, 0.1) is 0 Å². The van der Waals surface area contributed by atoms with E-state index in [1.165, 1.54) is 7.05 Å². The second-order valence-corrected chi connectivity index (χ2v) is 7.55. The van der Waals surface area contributed by atoms with E-state index in [4.69, 9.17) is 5.73 Å². The highest BCUT2D eigenvalue weighted by Crippen LogP contribution is 2.28. The van der Waals surface area contributed by atoms with Crippen LogP contribution < -0.4 is 5.73 Å². The van der Waals surface area contributed by atoms with Gasteiger partial charge in [0, 0.05) is 19.8 Å². The van der Waals surface area contributed by atoms with Crippen LogP contribution in [0.3, 0.4) is 0 Å². The largest absolute Gasteiger partial charge is 0.433 e. The Labute approximate surface area is 122 Å². The predicted octanol–water partition coefficient (Wildman–Crippen LogP) is 1.71. The number of aromatic nitrogens is 1. The molecule has 0 aliphatic carbocycles. The molecule has 1 aromatic rings. The van der Waals surface area contributed by atoms with Crippen LogP contribution in [-0.4, -0.2) is 37.8 Å².